The van der Waals surface area contributed by atoms with Crippen LogP contribution in [-0.2, 0) is 0 Å². The molecule has 0 fully saturated rings. The number of hydrogen-bond donors (Lipinski definition) is 2. The van der Waals surface area contributed by atoms with Gasteiger partial charge in [-0.25, -0.2) is 9.97 Å². The van der Waals surface area contributed by atoms with Crippen molar-refractivity contribution in [1.82, 2.24) is 20.3 Å². The maximum atomic E-state index is 12.2. The lowest BCUT2D eigenvalue weighted by atomic mass is 10.2. The van der Waals surface area contributed by atoms with Crippen molar-refractivity contribution in [2.45, 2.75) is 19.9 Å². The summed E-state index contributed by atoms with van der Waals surface area (Å²) in [5.74, 6) is -0.109. The van der Waals surface area contributed by atoms with E-state index in [0.717, 1.165) is 20.9 Å². The average Bonchev–Trinajstić information content (AvgIpc) is 3.05. The van der Waals surface area contributed by atoms with Crippen molar-refractivity contribution in [2.24, 2.45) is 0 Å². The zero-order valence-electron chi connectivity index (χ0n) is 11.2. The third-order valence-corrected chi connectivity index (χ3v) is 4.14. The van der Waals surface area contributed by atoms with Gasteiger partial charge in [0.05, 0.1) is 23.4 Å². The summed E-state index contributed by atoms with van der Waals surface area (Å²) in [4.78, 5) is 24.8. The van der Waals surface area contributed by atoms with Crippen LogP contribution in [0.4, 0.5) is 0 Å². The van der Waals surface area contributed by atoms with E-state index in [0.29, 0.717) is 5.56 Å². The lowest BCUT2D eigenvalue weighted by Gasteiger charge is -2.11. The maximum absolute atomic E-state index is 12.2. The van der Waals surface area contributed by atoms with Gasteiger partial charge in [0.2, 0.25) is 0 Å². The van der Waals surface area contributed by atoms with Crippen LogP contribution < -0.4 is 5.32 Å². The molecule has 0 radical (unpaired) electrons. The maximum Gasteiger partial charge on any atom is 0.251 e. The molecule has 0 spiro atoms. The quantitative estimate of drug-likeness (QED) is 0.777. The van der Waals surface area contributed by atoms with Crippen LogP contribution in [0, 0.1) is 6.92 Å². The molecule has 5 nitrogen and oxygen atoms in total. The molecule has 20 heavy (non-hydrogen) atoms. The van der Waals surface area contributed by atoms with Crippen molar-refractivity contribution in [2.75, 3.05) is 0 Å². The smallest absolute Gasteiger partial charge is 0.251 e. The Hall–Kier alpha value is -2.21. The van der Waals surface area contributed by atoms with Crippen molar-refractivity contribution >= 4 is 28.3 Å². The Morgan fingerprint density at radius 2 is 2.25 bits per heavy atom. The number of benzene rings is 1. The molecular weight excluding hydrogens is 272 g/mol. The van der Waals surface area contributed by atoms with Gasteiger partial charge in [0.25, 0.3) is 5.91 Å². The Balaban J connectivity index is 1.78. The number of carbonyl (C=O) groups is 1. The summed E-state index contributed by atoms with van der Waals surface area (Å²) >= 11 is 1.59. The predicted octanol–water partition coefficient (Wildman–Crippen LogP) is 2.82. The number of amides is 1. The van der Waals surface area contributed by atoms with Crippen molar-refractivity contribution in [1.29, 1.82) is 0 Å². The molecule has 2 N–H and O–H groups in total. The third kappa shape index (κ3) is 2.42. The summed E-state index contributed by atoms with van der Waals surface area (Å²) in [5, 5.41) is 3.87. The number of nitrogens with one attached hydrogen (secondary N) is 2. The molecule has 1 aromatic carbocycles. The highest BCUT2D eigenvalue weighted by atomic mass is 32.1. The van der Waals surface area contributed by atoms with Gasteiger partial charge in [-0.2, -0.15) is 0 Å². The minimum Gasteiger partial charge on any atom is -0.345 e. The van der Waals surface area contributed by atoms with E-state index in [2.05, 4.69) is 20.3 Å². The lowest BCUT2D eigenvalue weighted by Crippen LogP contribution is -2.26. The second kappa shape index (κ2) is 5.05. The van der Waals surface area contributed by atoms with E-state index in [1.165, 1.54) is 0 Å². The largest absolute Gasteiger partial charge is 0.345 e. The van der Waals surface area contributed by atoms with E-state index >= 15 is 0 Å². The monoisotopic (exact) mass is 286 g/mol. The number of aryl methyl sites for hydroxylation is 1. The van der Waals surface area contributed by atoms with Crippen LogP contribution in [0.3, 0.4) is 0 Å². The highest BCUT2D eigenvalue weighted by Gasteiger charge is 2.14. The number of carbonyl (C=O) groups excluding carboxylic acids is 1. The molecule has 102 valence electrons. The van der Waals surface area contributed by atoms with Crippen LogP contribution in [0.2, 0.25) is 0 Å². The van der Waals surface area contributed by atoms with Crippen LogP contribution in [0.15, 0.2) is 30.7 Å². The molecule has 0 aliphatic carbocycles. The predicted molar refractivity (Wildman–Crippen MR) is 78.8 cm³/mol. The summed E-state index contributed by atoms with van der Waals surface area (Å²) < 4.78 is 0. The van der Waals surface area contributed by atoms with Gasteiger partial charge in [0.15, 0.2) is 0 Å². The first-order valence-electron chi connectivity index (χ1n) is 6.30. The fourth-order valence-corrected chi connectivity index (χ4v) is 2.77. The zero-order valence-corrected chi connectivity index (χ0v) is 12.0. The van der Waals surface area contributed by atoms with Gasteiger partial charge in [-0.15, -0.1) is 11.3 Å². The minimum absolute atomic E-state index is 0.0985. The number of H-pyrrole nitrogens is 1. The Labute approximate surface area is 120 Å². The first-order chi connectivity index (χ1) is 9.63. The van der Waals surface area contributed by atoms with E-state index in [9.17, 15) is 4.79 Å². The number of imidazole rings is 1. The molecule has 0 saturated carbocycles. The van der Waals surface area contributed by atoms with Gasteiger partial charge < -0.3 is 10.3 Å². The van der Waals surface area contributed by atoms with Gasteiger partial charge in [0.1, 0.15) is 5.01 Å². The summed E-state index contributed by atoms with van der Waals surface area (Å²) in [6, 6.07) is 5.31. The van der Waals surface area contributed by atoms with E-state index in [1.807, 2.05) is 26.1 Å². The average molecular weight is 286 g/mol. The molecule has 3 rings (SSSR count). The number of fused-ring (bicyclic) bond motifs is 1. The number of rotatable bonds is 3. The van der Waals surface area contributed by atoms with E-state index in [1.54, 1.807) is 29.8 Å². The number of hydrogen-bond acceptors (Lipinski definition) is 4. The number of thiazole rings is 1. The first-order valence-corrected chi connectivity index (χ1v) is 7.11. The minimum atomic E-state index is -0.109. The lowest BCUT2D eigenvalue weighted by molar-refractivity contribution is 0.0940. The second-order valence-corrected chi connectivity index (χ2v) is 5.91. The van der Waals surface area contributed by atoms with Crippen molar-refractivity contribution in [3.8, 4) is 0 Å². The molecular formula is C14H14N4OS. The number of aromatic nitrogens is 3. The Bertz CT molecular complexity index is 761. The number of aromatic amines is 1. The van der Waals surface area contributed by atoms with Crippen molar-refractivity contribution in [3.63, 3.8) is 0 Å². The molecule has 1 atom stereocenters. The summed E-state index contributed by atoms with van der Waals surface area (Å²) in [6.45, 7) is 3.94. The Morgan fingerprint density at radius 3 is 3.00 bits per heavy atom. The first kappa shape index (κ1) is 12.8. The molecule has 3 aromatic rings. The van der Waals surface area contributed by atoms with Crippen LogP contribution in [0.25, 0.3) is 11.0 Å². The van der Waals surface area contributed by atoms with Crippen LogP contribution in [-0.4, -0.2) is 20.9 Å². The Morgan fingerprint density at radius 1 is 1.40 bits per heavy atom. The normalized spacial score (nSPS) is 12.5. The molecule has 0 aliphatic heterocycles. The van der Waals surface area contributed by atoms with Gasteiger partial charge in [-0.3, -0.25) is 4.79 Å². The van der Waals surface area contributed by atoms with Crippen LogP contribution >= 0.6 is 11.3 Å². The molecule has 2 heterocycles. The zero-order chi connectivity index (χ0) is 14.1. The molecule has 6 heteroatoms. The van der Waals surface area contributed by atoms with E-state index in [-0.39, 0.29) is 11.9 Å². The van der Waals surface area contributed by atoms with Gasteiger partial charge >= 0.3 is 0 Å². The summed E-state index contributed by atoms with van der Waals surface area (Å²) in [6.07, 6.45) is 3.44. The van der Waals surface area contributed by atoms with Crippen LogP contribution in [0.5, 0.6) is 0 Å². The standard InChI is InChI=1S/C14H14N4OS/c1-8-6-15-14(20-8)9(2)18-13(19)10-3-4-11-12(5-10)17-7-16-11/h3-7,9H,1-2H3,(H,16,17)(H,18,19). The fraction of sp³-hybridized carbons (Fsp3) is 0.214. The molecule has 2 aromatic heterocycles. The van der Waals surface area contributed by atoms with Crippen molar-refractivity contribution < 1.29 is 4.79 Å². The highest BCUT2D eigenvalue weighted by molar-refractivity contribution is 7.11. The van der Waals surface area contributed by atoms with Crippen LogP contribution in [0.1, 0.15) is 33.2 Å². The molecule has 1 unspecified atom stereocenters. The SMILES string of the molecule is Cc1cnc(C(C)NC(=O)c2ccc3nc[nH]c3c2)s1. The Kier molecular flexibility index (Phi) is 3.23. The van der Waals surface area contributed by atoms with Gasteiger partial charge in [-0.05, 0) is 32.0 Å². The van der Waals surface area contributed by atoms with E-state index in [4.69, 9.17) is 0 Å². The van der Waals surface area contributed by atoms with Gasteiger partial charge in [0, 0.05) is 16.6 Å². The number of nitrogens with zero attached hydrogens (tertiary/aromatic N) is 2. The summed E-state index contributed by atoms with van der Waals surface area (Å²) in [5.41, 5.74) is 2.32. The summed E-state index contributed by atoms with van der Waals surface area (Å²) in [7, 11) is 0. The second-order valence-electron chi connectivity index (χ2n) is 4.64. The third-order valence-electron chi connectivity index (χ3n) is 3.04. The molecule has 0 bridgehead atoms. The molecule has 0 saturated heterocycles. The molecule has 1 amide bonds. The van der Waals surface area contributed by atoms with E-state index < -0.39 is 0 Å². The van der Waals surface area contributed by atoms with Crippen molar-refractivity contribution in [3.05, 3.63) is 46.2 Å². The highest BCUT2D eigenvalue weighted by Crippen LogP contribution is 2.19. The topological polar surface area (TPSA) is 70.7 Å². The van der Waals surface area contributed by atoms with Gasteiger partial charge in [-0.1, -0.05) is 0 Å². The fourth-order valence-electron chi connectivity index (χ4n) is 1.99. The molecule has 0 aliphatic rings.